The molecule has 1 N–H and O–H groups in total. The third-order valence-corrected chi connectivity index (χ3v) is 4.29. The molecule has 0 amide bonds. The number of rotatable bonds is 2. The SMILES string of the molecule is Cc1cc(C(=O)O)c(C2CCC(F)(F)CC2)nc1C(C)(C)C. The predicted molar refractivity (Wildman–Crippen MR) is 80.8 cm³/mol. The third-order valence-electron chi connectivity index (χ3n) is 4.29. The highest BCUT2D eigenvalue weighted by Gasteiger charge is 2.37. The first-order chi connectivity index (χ1) is 10.0. The fraction of sp³-hybridized carbons (Fsp3) is 0.647. The average Bonchev–Trinajstić information content (AvgIpc) is 2.37. The van der Waals surface area contributed by atoms with Crippen LogP contribution in [-0.4, -0.2) is 22.0 Å². The number of aromatic nitrogens is 1. The van der Waals surface area contributed by atoms with Crippen LogP contribution in [0, 0.1) is 6.92 Å². The van der Waals surface area contributed by atoms with Crippen molar-refractivity contribution >= 4 is 5.97 Å². The summed E-state index contributed by atoms with van der Waals surface area (Å²) < 4.78 is 26.7. The van der Waals surface area contributed by atoms with Crippen molar-refractivity contribution in [2.75, 3.05) is 0 Å². The molecule has 2 rings (SSSR count). The number of aryl methyl sites for hydroxylation is 1. The number of hydrogen-bond donors (Lipinski definition) is 1. The van der Waals surface area contributed by atoms with E-state index in [0.717, 1.165) is 11.3 Å². The van der Waals surface area contributed by atoms with E-state index in [1.165, 1.54) is 0 Å². The van der Waals surface area contributed by atoms with Gasteiger partial charge in [0.1, 0.15) is 0 Å². The number of carboxylic acid groups (broad SMARTS) is 1. The molecule has 1 aromatic rings. The Morgan fingerprint density at radius 2 is 1.86 bits per heavy atom. The molecule has 5 heteroatoms. The molecule has 0 radical (unpaired) electrons. The van der Waals surface area contributed by atoms with Crippen LogP contribution in [0.15, 0.2) is 6.07 Å². The van der Waals surface area contributed by atoms with Gasteiger partial charge in [-0.25, -0.2) is 13.6 Å². The van der Waals surface area contributed by atoms with Gasteiger partial charge in [0.2, 0.25) is 5.92 Å². The lowest BCUT2D eigenvalue weighted by molar-refractivity contribution is -0.0385. The van der Waals surface area contributed by atoms with Crippen LogP contribution in [0.1, 0.15) is 79.7 Å². The molecule has 1 aliphatic carbocycles. The Hall–Kier alpha value is -1.52. The smallest absolute Gasteiger partial charge is 0.337 e. The Balaban J connectivity index is 2.47. The van der Waals surface area contributed by atoms with Crippen LogP contribution in [0.25, 0.3) is 0 Å². The summed E-state index contributed by atoms with van der Waals surface area (Å²) in [5, 5.41) is 9.43. The molecule has 1 fully saturated rings. The number of nitrogens with zero attached hydrogens (tertiary/aromatic N) is 1. The maximum atomic E-state index is 13.3. The summed E-state index contributed by atoms with van der Waals surface area (Å²) in [6, 6.07) is 1.64. The third kappa shape index (κ3) is 3.45. The van der Waals surface area contributed by atoms with Crippen LogP contribution in [0.3, 0.4) is 0 Å². The fourth-order valence-corrected chi connectivity index (χ4v) is 3.18. The van der Waals surface area contributed by atoms with E-state index in [-0.39, 0.29) is 42.6 Å². The molecule has 0 spiro atoms. The molecule has 1 saturated carbocycles. The van der Waals surface area contributed by atoms with Crippen LogP contribution in [-0.2, 0) is 5.41 Å². The highest BCUT2D eigenvalue weighted by Crippen LogP contribution is 2.42. The van der Waals surface area contributed by atoms with Gasteiger partial charge >= 0.3 is 5.97 Å². The zero-order chi connectivity index (χ0) is 16.7. The van der Waals surface area contributed by atoms with E-state index >= 15 is 0 Å². The second-order valence-corrected chi connectivity index (χ2v) is 7.27. The van der Waals surface area contributed by atoms with E-state index < -0.39 is 11.9 Å². The summed E-state index contributed by atoms with van der Waals surface area (Å²) in [4.78, 5) is 16.1. The van der Waals surface area contributed by atoms with Crippen molar-refractivity contribution in [2.24, 2.45) is 0 Å². The van der Waals surface area contributed by atoms with Crippen molar-refractivity contribution < 1.29 is 18.7 Å². The van der Waals surface area contributed by atoms with Gasteiger partial charge in [-0.3, -0.25) is 4.98 Å². The first kappa shape index (κ1) is 16.8. The lowest BCUT2D eigenvalue weighted by Gasteiger charge is -2.30. The zero-order valence-electron chi connectivity index (χ0n) is 13.5. The number of alkyl halides is 2. The second kappa shape index (κ2) is 5.60. The minimum absolute atomic E-state index is 0.153. The lowest BCUT2D eigenvalue weighted by atomic mass is 9.81. The molecule has 0 atom stereocenters. The predicted octanol–water partition coefficient (Wildman–Crippen LogP) is 4.68. The van der Waals surface area contributed by atoms with Gasteiger partial charge in [-0.15, -0.1) is 0 Å². The molecule has 0 saturated heterocycles. The van der Waals surface area contributed by atoms with Crippen LogP contribution in [0.5, 0.6) is 0 Å². The second-order valence-electron chi connectivity index (χ2n) is 7.27. The maximum absolute atomic E-state index is 13.3. The molecule has 3 nitrogen and oxygen atoms in total. The zero-order valence-corrected chi connectivity index (χ0v) is 13.5. The average molecular weight is 311 g/mol. The topological polar surface area (TPSA) is 50.2 Å². The van der Waals surface area contributed by atoms with Crippen molar-refractivity contribution in [1.29, 1.82) is 0 Å². The van der Waals surface area contributed by atoms with Crippen molar-refractivity contribution in [1.82, 2.24) is 4.98 Å². The molecular weight excluding hydrogens is 288 g/mol. The number of aromatic carboxylic acids is 1. The normalized spacial score (nSPS) is 19.2. The molecule has 1 aliphatic rings. The van der Waals surface area contributed by atoms with Crippen molar-refractivity contribution in [3.63, 3.8) is 0 Å². The van der Waals surface area contributed by atoms with E-state index in [1.807, 2.05) is 27.7 Å². The summed E-state index contributed by atoms with van der Waals surface area (Å²) in [5.41, 5.74) is 2.08. The largest absolute Gasteiger partial charge is 0.478 e. The monoisotopic (exact) mass is 311 g/mol. The molecule has 0 unspecified atom stereocenters. The minimum atomic E-state index is -2.63. The summed E-state index contributed by atoms with van der Waals surface area (Å²) in [6.07, 6.45) is 0.175. The Morgan fingerprint density at radius 1 is 1.32 bits per heavy atom. The van der Waals surface area contributed by atoms with Crippen molar-refractivity contribution in [3.05, 3.63) is 28.6 Å². The number of hydrogen-bond acceptors (Lipinski definition) is 2. The van der Waals surface area contributed by atoms with E-state index in [9.17, 15) is 18.7 Å². The van der Waals surface area contributed by atoms with Gasteiger partial charge in [0.05, 0.1) is 11.3 Å². The van der Waals surface area contributed by atoms with Crippen molar-refractivity contribution in [3.8, 4) is 0 Å². The summed E-state index contributed by atoms with van der Waals surface area (Å²) in [6.45, 7) is 7.89. The number of carboxylic acids is 1. The molecule has 122 valence electrons. The molecule has 0 aliphatic heterocycles. The molecule has 0 aromatic carbocycles. The van der Waals surface area contributed by atoms with Crippen LogP contribution in [0.2, 0.25) is 0 Å². The van der Waals surface area contributed by atoms with Gasteiger partial charge in [0.15, 0.2) is 0 Å². The van der Waals surface area contributed by atoms with E-state index in [2.05, 4.69) is 4.98 Å². The highest BCUT2D eigenvalue weighted by molar-refractivity contribution is 5.89. The van der Waals surface area contributed by atoms with Gasteiger partial charge in [0.25, 0.3) is 0 Å². The highest BCUT2D eigenvalue weighted by atomic mass is 19.3. The van der Waals surface area contributed by atoms with E-state index in [4.69, 9.17) is 0 Å². The summed E-state index contributed by atoms with van der Waals surface area (Å²) >= 11 is 0. The van der Waals surface area contributed by atoms with Gasteiger partial charge in [-0.2, -0.15) is 0 Å². The first-order valence-corrected chi connectivity index (χ1v) is 7.64. The molecular formula is C17H23F2NO2. The lowest BCUT2D eigenvalue weighted by Crippen LogP contribution is -2.26. The summed E-state index contributed by atoms with van der Waals surface area (Å²) in [7, 11) is 0. The van der Waals surface area contributed by atoms with Crippen LogP contribution >= 0.6 is 0 Å². The minimum Gasteiger partial charge on any atom is -0.478 e. The Labute approximate surface area is 129 Å². The number of carbonyl (C=O) groups is 1. The van der Waals surface area contributed by atoms with Crippen LogP contribution < -0.4 is 0 Å². The molecule has 0 bridgehead atoms. The standard InChI is InChI=1S/C17H23F2NO2/c1-10-9-12(15(21)22)13(20-14(10)16(2,3)4)11-5-7-17(18,19)8-6-11/h9,11H,5-8H2,1-4H3,(H,21,22). The van der Waals surface area contributed by atoms with Gasteiger partial charge in [-0.1, -0.05) is 20.8 Å². The Morgan fingerprint density at radius 3 is 2.32 bits per heavy atom. The Kier molecular flexibility index (Phi) is 4.28. The van der Waals surface area contributed by atoms with Gasteiger partial charge < -0.3 is 5.11 Å². The van der Waals surface area contributed by atoms with Crippen LogP contribution in [0.4, 0.5) is 8.78 Å². The quantitative estimate of drug-likeness (QED) is 0.863. The maximum Gasteiger partial charge on any atom is 0.337 e. The Bertz CT molecular complexity index is 581. The first-order valence-electron chi connectivity index (χ1n) is 7.64. The van der Waals surface area contributed by atoms with E-state index in [0.29, 0.717) is 5.69 Å². The molecule has 22 heavy (non-hydrogen) atoms. The molecule has 1 heterocycles. The van der Waals surface area contributed by atoms with Crippen molar-refractivity contribution in [2.45, 2.75) is 70.6 Å². The number of pyridine rings is 1. The molecule has 1 aromatic heterocycles. The van der Waals surface area contributed by atoms with Gasteiger partial charge in [0, 0.05) is 29.9 Å². The summed E-state index contributed by atoms with van der Waals surface area (Å²) in [5.74, 6) is -3.87. The van der Waals surface area contributed by atoms with Gasteiger partial charge in [-0.05, 0) is 31.4 Å². The fourth-order valence-electron chi connectivity index (χ4n) is 3.18. The van der Waals surface area contributed by atoms with E-state index in [1.54, 1.807) is 6.07 Å². The number of halogens is 2.